The summed E-state index contributed by atoms with van der Waals surface area (Å²) in [7, 11) is -7.37. The molecule has 0 unspecified atom stereocenters. The van der Waals surface area contributed by atoms with Crippen molar-refractivity contribution in [3.8, 4) is 0 Å². The first-order valence-corrected chi connectivity index (χ1v) is 11.4. The molecule has 2 aromatic rings. The zero-order valence-electron chi connectivity index (χ0n) is 15.2. The van der Waals surface area contributed by atoms with Gasteiger partial charge in [-0.05, 0) is 49.7 Å². The summed E-state index contributed by atoms with van der Waals surface area (Å²) < 4.78 is 59.5. The molecule has 0 radical (unpaired) electrons. The van der Waals surface area contributed by atoms with E-state index in [4.69, 9.17) is 4.74 Å². The Morgan fingerprint density at radius 3 is 2.15 bits per heavy atom. The van der Waals surface area contributed by atoms with Crippen molar-refractivity contribution in [2.45, 2.75) is 23.6 Å². The van der Waals surface area contributed by atoms with Crippen molar-refractivity contribution < 1.29 is 21.6 Å². The van der Waals surface area contributed by atoms with Gasteiger partial charge in [-0.1, -0.05) is 17.7 Å². The van der Waals surface area contributed by atoms with Gasteiger partial charge >= 0.3 is 0 Å². The van der Waals surface area contributed by atoms with Gasteiger partial charge in [-0.3, -0.25) is 4.72 Å². The SMILES string of the molecule is Cc1ccc(S(=O)(=O)Nc2ccc(S(=O)(=O)N3CCOCC3)cc2)c(C)c1. The van der Waals surface area contributed by atoms with Crippen LogP contribution in [0, 0.1) is 13.8 Å². The zero-order chi connectivity index (χ0) is 19.7. The molecule has 0 saturated carbocycles. The summed E-state index contributed by atoms with van der Waals surface area (Å²) in [5, 5.41) is 0. The van der Waals surface area contributed by atoms with Crippen LogP contribution < -0.4 is 4.72 Å². The molecule has 2 aromatic carbocycles. The Bertz CT molecular complexity index is 1030. The van der Waals surface area contributed by atoms with E-state index in [0.29, 0.717) is 37.6 Å². The van der Waals surface area contributed by atoms with Gasteiger partial charge in [0, 0.05) is 18.8 Å². The third kappa shape index (κ3) is 4.32. The summed E-state index contributed by atoms with van der Waals surface area (Å²) in [6.45, 7) is 4.98. The molecule has 146 valence electrons. The van der Waals surface area contributed by atoms with Crippen LogP contribution in [-0.4, -0.2) is 47.4 Å². The van der Waals surface area contributed by atoms with E-state index in [1.807, 2.05) is 6.92 Å². The van der Waals surface area contributed by atoms with E-state index in [1.54, 1.807) is 25.1 Å². The molecule has 0 atom stereocenters. The first-order valence-electron chi connectivity index (χ1n) is 8.48. The summed E-state index contributed by atoms with van der Waals surface area (Å²) in [6.07, 6.45) is 0. The quantitative estimate of drug-likeness (QED) is 0.815. The van der Waals surface area contributed by atoms with Gasteiger partial charge < -0.3 is 4.74 Å². The Morgan fingerprint density at radius 2 is 1.56 bits per heavy atom. The minimum atomic E-state index is -3.76. The fourth-order valence-corrected chi connectivity index (χ4v) is 5.64. The van der Waals surface area contributed by atoms with Crippen molar-refractivity contribution in [3.63, 3.8) is 0 Å². The first kappa shape index (κ1) is 19.8. The monoisotopic (exact) mass is 410 g/mol. The van der Waals surface area contributed by atoms with Crippen molar-refractivity contribution in [1.82, 2.24) is 4.31 Å². The van der Waals surface area contributed by atoms with Crippen LogP contribution >= 0.6 is 0 Å². The first-order chi connectivity index (χ1) is 12.7. The molecular formula is C18H22N2O5S2. The Kier molecular flexibility index (Phi) is 5.57. The predicted octanol–water partition coefficient (Wildman–Crippen LogP) is 2.13. The largest absolute Gasteiger partial charge is 0.379 e. The lowest BCUT2D eigenvalue weighted by Crippen LogP contribution is -2.40. The Labute approximate surface area is 160 Å². The average molecular weight is 411 g/mol. The molecule has 27 heavy (non-hydrogen) atoms. The number of anilines is 1. The summed E-state index contributed by atoms with van der Waals surface area (Å²) in [6, 6.07) is 10.8. The molecule has 1 aliphatic heterocycles. The number of nitrogens with one attached hydrogen (secondary N) is 1. The number of rotatable bonds is 5. The smallest absolute Gasteiger partial charge is 0.262 e. The Hall–Kier alpha value is -1.94. The number of aryl methyl sites for hydroxylation is 2. The summed E-state index contributed by atoms with van der Waals surface area (Å²) in [5.74, 6) is 0. The van der Waals surface area contributed by atoms with Gasteiger partial charge in [0.25, 0.3) is 10.0 Å². The van der Waals surface area contributed by atoms with Crippen LogP contribution in [0.1, 0.15) is 11.1 Å². The minimum Gasteiger partial charge on any atom is -0.379 e. The maximum Gasteiger partial charge on any atom is 0.262 e. The molecule has 9 heteroatoms. The van der Waals surface area contributed by atoms with Gasteiger partial charge in [0.1, 0.15) is 0 Å². The third-order valence-corrected chi connectivity index (χ3v) is 7.79. The number of hydrogen-bond acceptors (Lipinski definition) is 5. The van der Waals surface area contributed by atoms with Crippen LogP contribution in [0.25, 0.3) is 0 Å². The van der Waals surface area contributed by atoms with E-state index in [1.165, 1.54) is 28.6 Å². The maximum absolute atomic E-state index is 12.6. The summed E-state index contributed by atoms with van der Waals surface area (Å²) in [5.41, 5.74) is 1.93. The lowest BCUT2D eigenvalue weighted by atomic mass is 10.2. The predicted molar refractivity (Wildman–Crippen MR) is 103 cm³/mol. The number of hydrogen-bond donors (Lipinski definition) is 1. The molecule has 7 nitrogen and oxygen atoms in total. The van der Waals surface area contributed by atoms with Gasteiger partial charge in [0.2, 0.25) is 10.0 Å². The fraction of sp³-hybridized carbons (Fsp3) is 0.333. The molecule has 1 heterocycles. The van der Waals surface area contributed by atoms with Crippen LogP contribution in [0.4, 0.5) is 5.69 Å². The molecule has 1 fully saturated rings. The van der Waals surface area contributed by atoms with Crippen molar-refractivity contribution in [3.05, 3.63) is 53.6 Å². The normalized spacial score (nSPS) is 16.2. The summed E-state index contributed by atoms with van der Waals surface area (Å²) in [4.78, 5) is 0.317. The van der Waals surface area contributed by atoms with E-state index < -0.39 is 20.0 Å². The van der Waals surface area contributed by atoms with Gasteiger partial charge in [0.05, 0.1) is 23.0 Å². The molecule has 0 spiro atoms. The molecule has 1 saturated heterocycles. The second-order valence-electron chi connectivity index (χ2n) is 6.42. The number of benzene rings is 2. The molecule has 1 aliphatic rings. The van der Waals surface area contributed by atoms with Gasteiger partial charge in [-0.15, -0.1) is 0 Å². The number of nitrogens with zero attached hydrogens (tertiary/aromatic N) is 1. The molecule has 0 bridgehead atoms. The van der Waals surface area contributed by atoms with Gasteiger partial charge in [-0.25, -0.2) is 16.8 Å². The van der Waals surface area contributed by atoms with Crippen LogP contribution in [0.2, 0.25) is 0 Å². The third-order valence-electron chi connectivity index (χ3n) is 4.33. The van der Waals surface area contributed by atoms with E-state index in [9.17, 15) is 16.8 Å². The highest BCUT2D eigenvalue weighted by Crippen LogP contribution is 2.23. The fourth-order valence-electron chi connectivity index (χ4n) is 2.94. The van der Waals surface area contributed by atoms with E-state index in [0.717, 1.165) is 5.56 Å². The average Bonchev–Trinajstić information content (AvgIpc) is 2.62. The van der Waals surface area contributed by atoms with E-state index in [-0.39, 0.29) is 9.79 Å². The van der Waals surface area contributed by atoms with Crippen molar-refractivity contribution >= 4 is 25.7 Å². The molecule has 0 aliphatic carbocycles. The van der Waals surface area contributed by atoms with Crippen LogP contribution in [0.3, 0.4) is 0 Å². The molecular weight excluding hydrogens is 388 g/mol. The summed E-state index contributed by atoms with van der Waals surface area (Å²) >= 11 is 0. The van der Waals surface area contributed by atoms with Crippen LogP contribution in [-0.2, 0) is 24.8 Å². The highest BCUT2D eigenvalue weighted by molar-refractivity contribution is 7.92. The van der Waals surface area contributed by atoms with Crippen molar-refractivity contribution in [2.24, 2.45) is 0 Å². The lowest BCUT2D eigenvalue weighted by Gasteiger charge is -2.26. The van der Waals surface area contributed by atoms with Crippen molar-refractivity contribution in [2.75, 3.05) is 31.0 Å². The Morgan fingerprint density at radius 1 is 0.926 bits per heavy atom. The molecule has 0 amide bonds. The molecule has 0 aromatic heterocycles. The van der Waals surface area contributed by atoms with Gasteiger partial charge in [-0.2, -0.15) is 4.31 Å². The van der Waals surface area contributed by atoms with Crippen LogP contribution in [0.15, 0.2) is 52.3 Å². The highest BCUT2D eigenvalue weighted by Gasteiger charge is 2.26. The van der Waals surface area contributed by atoms with E-state index >= 15 is 0 Å². The number of sulfonamides is 2. The second-order valence-corrected chi connectivity index (χ2v) is 10.0. The number of ether oxygens (including phenoxy) is 1. The van der Waals surface area contributed by atoms with Crippen LogP contribution in [0.5, 0.6) is 0 Å². The lowest BCUT2D eigenvalue weighted by molar-refractivity contribution is 0.0730. The topological polar surface area (TPSA) is 92.8 Å². The van der Waals surface area contributed by atoms with Gasteiger partial charge in [0.15, 0.2) is 0 Å². The van der Waals surface area contributed by atoms with E-state index in [2.05, 4.69) is 4.72 Å². The number of morpholine rings is 1. The van der Waals surface area contributed by atoms with Crippen molar-refractivity contribution in [1.29, 1.82) is 0 Å². The standard InChI is InChI=1S/C18H22N2O5S2/c1-14-3-8-18(15(2)13-14)26(21,22)19-16-4-6-17(7-5-16)27(23,24)20-9-11-25-12-10-20/h3-8,13,19H,9-12H2,1-2H3. The second kappa shape index (κ2) is 7.59. The Balaban J connectivity index is 1.81. The minimum absolute atomic E-state index is 0.124. The molecule has 1 N–H and O–H groups in total. The maximum atomic E-state index is 12.6. The zero-order valence-corrected chi connectivity index (χ0v) is 16.8. The molecule has 3 rings (SSSR count). The highest BCUT2D eigenvalue weighted by atomic mass is 32.2.